The van der Waals surface area contributed by atoms with Gasteiger partial charge in [-0.2, -0.15) is 0 Å². The Morgan fingerprint density at radius 1 is 1.28 bits per heavy atom. The lowest BCUT2D eigenvalue weighted by molar-refractivity contribution is -0.199. The molecule has 8 heteroatoms. The number of benzene rings is 1. The average molecular weight is 483 g/mol. The van der Waals surface area contributed by atoms with E-state index in [9.17, 15) is 4.79 Å². The molecule has 0 aromatic heterocycles. The van der Waals surface area contributed by atoms with Crippen molar-refractivity contribution in [2.45, 2.75) is 83.4 Å². The van der Waals surface area contributed by atoms with Gasteiger partial charge in [-0.1, -0.05) is 31.5 Å². The van der Waals surface area contributed by atoms with Crippen LogP contribution in [-0.4, -0.2) is 42.8 Å². The van der Waals surface area contributed by atoms with Gasteiger partial charge < -0.3 is 18.8 Å². The molecule has 0 spiro atoms. The predicted molar refractivity (Wildman–Crippen MR) is 127 cm³/mol. The summed E-state index contributed by atoms with van der Waals surface area (Å²) in [6.45, 7) is 12.3. The number of carbonyl (C=O) groups is 1. The van der Waals surface area contributed by atoms with Crippen LogP contribution in [0.3, 0.4) is 0 Å². The van der Waals surface area contributed by atoms with Gasteiger partial charge in [-0.15, -0.1) is 11.6 Å². The molecule has 3 saturated carbocycles. The highest BCUT2D eigenvalue weighted by atomic mass is 35.5. The second-order valence-electron chi connectivity index (χ2n) is 11.2. The summed E-state index contributed by atoms with van der Waals surface area (Å²) in [7, 11) is 0.993. The van der Waals surface area contributed by atoms with Gasteiger partial charge in [0, 0.05) is 0 Å². The first-order chi connectivity index (χ1) is 14.8. The third kappa shape index (κ3) is 3.95. The van der Waals surface area contributed by atoms with Gasteiger partial charge in [-0.05, 0) is 75.8 Å². The van der Waals surface area contributed by atoms with Gasteiger partial charge in [0.25, 0.3) is 0 Å². The van der Waals surface area contributed by atoms with Crippen LogP contribution in [0.15, 0.2) is 12.1 Å². The van der Waals surface area contributed by atoms with Gasteiger partial charge >= 0.3 is 13.1 Å². The molecule has 0 radical (unpaired) electrons. The Bertz CT molecular complexity index is 914. The fourth-order valence-corrected chi connectivity index (χ4v) is 6.38. The van der Waals surface area contributed by atoms with E-state index in [4.69, 9.17) is 42.0 Å². The molecule has 2 bridgehead atoms. The Morgan fingerprint density at radius 2 is 1.97 bits per heavy atom. The molecule has 4 aliphatic rings. The Kier molecular flexibility index (Phi) is 6.10. The molecular weight excluding hydrogens is 450 g/mol. The van der Waals surface area contributed by atoms with E-state index >= 15 is 0 Å². The fraction of sp³-hybridized carbons (Fsp3) is 0.708. The summed E-state index contributed by atoms with van der Waals surface area (Å²) in [5.41, 5.74) is 0.272. The number of methoxy groups -OCH3 is 1. The first kappa shape index (κ1) is 24.2. The van der Waals surface area contributed by atoms with Crippen LogP contribution in [0, 0.1) is 17.3 Å². The summed E-state index contributed by atoms with van der Waals surface area (Å²) in [5.74, 6) is 0.995. The zero-order chi connectivity index (χ0) is 23.6. The molecule has 5 atom stereocenters. The molecule has 5 nitrogen and oxygen atoms in total. The third-order valence-corrected chi connectivity index (χ3v) is 8.35. The maximum atomic E-state index is 12.8. The van der Waals surface area contributed by atoms with Crippen LogP contribution in [0.2, 0.25) is 5.02 Å². The molecule has 1 saturated heterocycles. The van der Waals surface area contributed by atoms with E-state index in [1.807, 2.05) is 26.8 Å². The molecule has 0 amide bonds. The molecule has 1 unspecified atom stereocenters. The van der Waals surface area contributed by atoms with Crippen molar-refractivity contribution in [3.8, 4) is 5.75 Å². The van der Waals surface area contributed by atoms with E-state index in [0.29, 0.717) is 24.0 Å². The minimum absolute atomic E-state index is 0.0648. The molecule has 3 aliphatic carbocycles. The van der Waals surface area contributed by atoms with Gasteiger partial charge in [0.2, 0.25) is 0 Å². The SMILES string of the molecule is COc1c(CC(Cl)B2O[C@@H]3C[C@@H]4C[C@@H](C4(C)C)[C@]3(C)O2)ccc(Cl)c1C(=O)OC(C)(C)C. The Labute approximate surface area is 201 Å². The van der Waals surface area contributed by atoms with Crippen molar-refractivity contribution in [1.29, 1.82) is 0 Å². The largest absolute Gasteiger partial charge is 0.496 e. The molecule has 32 heavy (non-hydrogen) atoms. The highest BCUT2D eigenvalue weighted by Crippen LogP contribution is 2.65. The minimum Gasteiger partial charge on any atom is -0.496 e. The zero-order valence-corrected chi connectivity index (χ0v) is 21.5. The molecule has 176 valence electrons. The number of carbonyl (C=O) groups excluding carboxylic acids is 1. The Balaban J connectivity index is 1.54. The number of rotatable bonds is 5. The monoisotopic (exact) mass is 482 g/mol. The van der Waals surface area contributed by atoms with Crippen LogP contribution in [0.5, 0.6) is 5.75 Å². The summed E-state index contributed by atoms with van der Waals surface area (Å²) >= 11 is 13.2. The van der Waals surface area contributed by atoms with Crippen molar-refractivity contribution in [3.05, 3.63) is 28.3 Å². The zero-order valence-electron chi connectivity index (χ0n) is 20.0. The summed E-state index contributed by atoms with van der Waals surface area (Å²) in [5, 5.41) is -0.167. The number of hydrogen-bond acceptors (Lipinski definition) is 5. The summed E-state index contributed by atoms with van der Waals surface area (Å²) in [6, 6.07) is 3.51. The van der Waals surface area contributed by atoms with Gasteiger partial charge in [-0.3, -0.25) is 0 Å². The van der Waals surface area contributed by atoms with Crippen LogP contribution in [0.25, 0.3) is 0 Å². The normalized spacial score (nSPS) is 31.5. The number of ether oxygens (including phenoxy) is 2. The van der Waals surface area contributed by atoms with E-state index in [1.54, 1.807) is 6.07 Å². The molecule has 0 N–H and O–H groups in total. The minimum atomic E-state index is -0.651. The number of halogens is 2. The lowest BCUT2D eigenvalue weighted by atomic mass is 9.43. The van der Waals surface area contributed by atoms with Gasteiger partial charge in [0.1, 0.15) is 16.9 Å². The molecule has 1 heterocycles. The molecule has 4 fully saturated rings. The number of hydrogen-bond donors (Lipinski definition) is 0. The van der Waals surface area contributed by atoms with Gasteiger partial charge in [-0.25, -0.2) is 4.79 Å². The molecule has 1 aromatic carbocycles. The van der Waals surface area contributed by atoms with Crippen LogP contribution in [0.4, 0.5) is 0 Å². The second kappa shape index (κ2) is 8.07. The predicted octanol–water partition coefficient (Wildman–Crippen LogP) is 5.72. The fourth-order valence-electron chi connectivity index (χ4n) is 5.87. The van der Waals surface area contributed by atoms with Crippen molar-refractivity contribution in [2.75, 3.05) is 7.11 Å². The Hall–Kier alpha value is -0.945. The maximum Gasteiger partial charge on any atom is 0.477 e. The smallest absolute Gasteiger partial charge is 0.477 e. The van der Waals surface area contributed by atoms with Gasteiger partial charge in [0.05, 0.1) is 29.1 Å². The van der Waals surface area contributed by atoms with Crippen LogP contribution < -0.4 is 4.74 Å². The maximum absolute atomic E-state index is 12.8. The highest BCUT2D eigenvalue weighted by Gasteiger charge is 2.68. The summed E-state index contributed by atoms with van der Waals surface area (Å²) < 4.78 is 24.0. The van der Waals surface area contributed by atoms with E-state index in [0.717, 1.165) is 12.0 Å². The van der Waals surface area contributed by atoms with Crippen molar-refractivity contribution in [2.24, 2.45) is 17.3 Å². The number of esters is 1. The first-order valence-corrected chi connectivity index (χ1v) is 12.2. The first-order valence-electron chi connectivity index (χ1n) is 11.3. The highest BCUT2D eigenvalue weighted by molar-refractivity contribution is 6.60. The quantitative estimate of drug-likeness (QED) is 0.305. The topological polar surface area (TPSA) is 54.0 Å². The van der Waals surface area contributed by atoms with E-state index < -0.39 is 24.0 Å². The van der Waals surface area contributed by atoms with Crippen LogP contribution >= 0.6 is 23.2 Å². The van der Waals surface area contributed by atoms with Crippen molar-refractivity contribution in [3.63, 3.8) is 0 Å². The summed E-state index contributed by atoms with van der Waals surface area (Å²) in [6.07, 6.45) is 2.67. The summed E-state index contributed by atoms with van der Waals surface area (Å²) in [4.78, 5) is 12.8. The van der Waals surface area contributed by atoms with E-state index in [1.165, 1.54) is 13.5 Å². The van der Waals surface area contributed by atoms with E-state index in [-0.39, 0.29) is 27.7 Å². The second-order valence-corrected chi connectivity index (χ2v) is 12.1. The molecule has 1 aliphatic heterocycles. The average Bonchev–Trinajstić information content (AvgIpc) is 3.04. The molecule has 5 rings (SSSR count). The number of alkyl halides is 1. The Morgan fingerprint density at radius 3 is 2.56 bits per heavy atom. The third-order valence-electron chi connectivity index (χ3n) is 7.67. The van der Waals surface area contributed by atoms with E-state index in [2.05, 4.69) is 20.8 Å². The van der Waals surface area contributed by atoms with Crippen LogP contribution in [-0.2, 0) is 20.5 Å². The van der Waals surface area contributed by atoms with Crippen LogP contribution in [0.1, 0.15) is 70.3 Å². The van der Waals surface area contributed by atoms with Crippen molar-refractivity contribution >= 4 is 36.3 Å². The lowest BCUT2D eigenvalue weighted by Gasteiger charge is -2.64. The molecular formula is C24H33BCl2O5. The van der Waals surface area contributed by atoms with Crippen molar-refractivity contribution < 1.29 is 23.6 Å². The standard InChI is InChI=1S/C24H33BCl2O5/c1-22(2,3)30-21(28)19-15(26)9-8-13(20(19)29-7)10-18(27)25-31-17-12-14-11-16(23(14,4)5)24(17,6)32-25/h8-9,14,16-18H,10-12H2,1-7H3/t14-,16-,17+,18?,24-/m0/s1. The van der Waals surface area contributed by atoms with Crippen molar-refractivity contribution in [1.82, 2.24) is 0 Å². The molecule has 1 aromatic rings. The lowest BCUT2D eigenvalue weighted by Crippen LogP contribution is -2.65. The van der Waals surface area contributed by atoms with Gasteiger partial charge in [0.15, 0.2) is 0 Å².